The summed E-state index contributed by atoms with van der Waals surface area (Å²) in [6, 6.07) is 4.24. The van der Waals surface area contributed by atoms with Gasteiger partial charge >= 0.3 is 6.18 Å². The molecule has 5 nitrogen and oxygen atoms in total. The number of amides is 1. The minimum atomic E-state index is -4.60. The van der Waals surface area contributed by atoms with Gasteiger partial charge in [0.05, 0.1) is 28.8 Å². The first-order valence-electron chi connectivity index (χ1n) is 7.00. The molecule has 2 aliphatic rings. The van der Waals surface area contributed by atoms with Crippen LogP contribution in [0.15, 0.2) is 29.3 Å². The van der Waals surface area contributed by atoms with E-state index in [0.29, 0.717) is 0 Å². The molecule has 130 valence electrons. The van der Waals surface area contributed by atoms with Crippen molar-refractivity contribution in [2.75, 3.05) is 16.4 Å². The van der Waals surface area contributed by atoms with Crippen molar-refractivity contribution in [3.05, 3.63) is 29.8 Å². The van der Waals surface area contributed by atoms with Crippen LogP contribution in [0.2, 0.25) is 0 Å². The molecule has 10 heteroatoms. The topological polar surface area (TPSA) is 66.8 Å². The zero-order valence-electron chi connectivity index (χ0n) is 12.4. The van der Waals surface area contributed by atoms with Crippen LogP contribution in [-0.2, 0) is 20.8 Å². The Kier molecular flexibility index (Phi) is 4.15. The molecule has 2 saturated heterocycles. The minimum absolute atomic E-state index is 0.115. The molecular weight excluding hydrogens is 365 g/mol. The fraction of sp³-hybridized carbons (Fsp3) is 0.429. The Morgan fingerprint density at radius 2 is 1.96 bits per heavy atom. The Bertz CT molecular complexity index is 821. The fourth-order valence-electron chi connectivity index (χ4n) is 2.90. The average Bonchev–Trinajstić information content (AvgIpc) is 2.88. The molecule has 1 amide bonds. The number of sulfone groups is 1. The number of hydrogen-bond donors (Lipinski definition) is 0. The second kappa shape index (κ2) is 5.76. The largest absolute Gasteiger partial charge is 0.418 e. The van der Waals surface area contributed by atoms with Crippen molar-refractivity contribution in [1.82, 2.24) is 0 Å². The van der Waals surface area contributed by atoms with Crippen LogP contribution in [0.1, 0.15) is 12.5 Å². The van der Waals surface area contributed by atoms with Crippen LogP contribution in [0.5, 0.6) is 0 Å². The SMILES string of the molecule is CC(=O)N=C1S[C@@H]2CS(=O)(=O)C[C@@H]2N1c1ccccc1C(F)(F)F. The number of halogens is 3. The van der Waals surface area contributed by atoms with Crippen LogP contribution in [0.4, 0.5) is 18.9 Å². The van der Waals surface area contributed by atoms with Crippen molar-refractivity contribution in [2.45, 2.75) is 24.4 Å². The highest BCUT2D eigenvalue weighted by atomic mass is 32.2. The van der Waals surface area contributed by atoms with E-state index in [9.17, 15) is 26.4 Å². The van der Waals surface area contributed by atoms with Crippen LogP contribution >= 0.6 is 11.8 Å². The number of thioether (sulfide) groups is 1. The summed E-state index contributed by atoms with van der Waals surface area (Å²) >= 11 is 1.04. The normalized spacial score (nSPS) is 27.5. The molecule has 1 aromatic carbocycles. The summed E-state index contributed by atoms with van der Waals surface area (Å²) in [6.45, 7) is 1.20. The Morgan fingerprint density at radius 3 is 2.58 bits per heavy atom. The van der Waals surface area contributed by atoms with E-state index in [1.54, 1.807) is 0 Å². The lowest BCUT2D eigenvalue weighted by Crippen LogP contribution is -2.38. The van der Waals surface area contributed by atoms with Gasteiger partial charge in [-0.3, -0.25) is 4.79 Å². The van der Waals surface area contributed by atoms with Crippen LogP contribution in [0, 0.1) is 0 Å². The molecule has 0 aliphatic carbocycles. The number of nitrogens with zero attached hydrogens (tertiary/aromatic N) is 2. The first-order valence-corrected chi connectivity index (χ1v) is 9.70. The number of alkyl halides is 3. The zero-order valence-corrected chi connectivity index (χ0v) is 14.1. The molecule has 2 heterocycles. The highest BCUT2D eigenvalue weighted by Crippen LogP contribution is 2.45. The van der Waals surface area contributed by atoms with Gasteiger partial charge in [-0.25, -0.2) is 8.42 Å². The average molecular weight is 378 g/mol. The predicted molar refractivity (Wildman–Crippen MR) is 85.9 cm³/mol. The number of carbonyl (C=O) groups excluding carboxylic acids is 1. The summed E-state index contributed by atoms with van der Waals surface area (Å²) < 4.78 is 63.7. The number of fused-ring (bicyclic) bond motifs is 1. The monoisotopic (exact) mass is 378 g/mol. The molecule has 0 saturated carbocycles. The maximum absolute atomic E-state index is 13.3. The molecule has 0 N–H and O–H groups in total. The predicted octanol–water partition coefficient (Wildman–Crippen LogP) is 2.33. The van der Waals surface area contributed by atoms with Gasteiger partial charge < -0.3 is 4.90 Å². The Morgan fingerprint density at radius 1 is 1.29 bits per heavy atom. The van der Waals surface area contributed by atoms with Gasteiger partial charge in [-0.2, -0.15) is 18.2 Å². The van der Waals surface area contributed by atoms with Crippen LogP contribution in [-0.4, -0.2) is 42.3 Å². The van der Waals surface area contributed by atoms with Gasteiger partial charge in [-0.1, -0.05) is 23.9 Å². The van der Waals surface area contributed by atoms with Gasteiger partial charge in [0.1, 0.15) is 0 Å². The van der Waals surface area contributed by atoms with Crippen molar-refractivity contribution in [3.63, 3.8) is 0 Å². The van der Waals surface area contributed by atoms with E-state index >= 15 is 0 Å². The smallest absolute Gasteiger partial charge is 0.315 e. The summed E-state index contributed by atoms with van der Waals surface area (Å²) in [7, 11) is -3.33. The molecule has 0 bridgehead atoms. The third kappa shape index (κ3) is 3.16. The van der Waals surface area contributed by atoms with Crippen molar-refractivity contribution in [1.29, 1.82) is 0 Å². The Hall–Kier alpha value is -1.55. The molecule has 3 rings (SSSR count). The third-order valence-corrected chi connectivity index (χ3v) is 7.00. The lowest BCUT2D eigenvalue weighted by Gasteiger charge is -2.27. The second-order valence-electron chi connectivity index (χ2n) is 5.60. The number of aliphatic imine (C=N–C) groups is 1. The lowest BCUT2D eigenvalue weighted by atomic mass is 10.1. The van der Waals surface area contributed by atoms with Crippen molar-refractivity contribution < 1.29 is 26.4 Å². The molecule has 2 aliphatic heterocycles. The number of rotatable bonds is 1. The number of amidine groups is 1. The van der Waals surface area contributed by atoms with Gasteiger partial charge in [0, 0.05) is 12.2 Å². The van der Waals surface area contributed by atoms with E-state index in [1.807, 2.05) is 0 Å². The van der Waals surface area contributed by atoms with Crippen LogP contribution in [0.3, 0.4) is 0 Å². The maximum atomic E-state index is 13.3. The lowest BCUT2D eigenvalue weighted by molar-refractivity contribution is -0.137. The summed E-state index contributed by atoms with van der Waals surface area (Å²) in [5, 5.41) is -0.321. The molecule has 2 atom stereocenters. The van der Waals surface area contributed by atoms with E-state index in [0.717, 1.165) is 17.8 Å². The molecule has 0 radical (unpaired) electrons. The third-order valence-electron chi connectivity index (χ3n) is 3.79. The van der Waals surface area contributed by atoms with E-state index in [4.69, 9.17) is 0 Å². The quantitative estimate of drug-likeness (QED) is 0.750. The van der Waals surface area contributed by atoms with Gasteiger partial charge in [0.25, 0.3) is 0 Å². The van der Waals surface area contributed by atoms with Crippen LogP contribution < -0.4 is 4.90 Å². The number of anilines is 1. The van der Waals surface area contributed by atoms with Crippen LogP contribution in [0.25, 0.3) is 0 Å². The van der Waals surface area contributed by atoms with Gasteiger partial charge in [-0.05, 0) is 12.1 Å². The van der Waals surface area contributed by atoms with Crippen molar-refractivity contribution >= 4 is 38.4 Å². The molecule has 0 aromatic heterocycles. The van der Waals surface area contributed by atoms with Gasteiger partial charge in [-0.15, -0.1) is 0 Å². The summed E-state index contributed by atoms with van der Waals surface area (Å²) in [4.78, 5) is 16.4. The molecule has 1 aromatic rings. The number of benzene rings is 1. The fourth-order valence-corrected chi connectivity index (χ4v) is 6.86. The Balaban J connectivity index is 2.14. The van der Waals surface area contributed by atoms with E-state index in [-0.39, 0.29) is 22.4 Å². The number of para-hydroxylation sites is 1. The van der Waals surface area contributed by atoms with E-state index in [1.165, 1.54) is 30.0 Å². The molecule has 0 spiro atoms. The second-order valence-corrected chi connectivity index (χ2v) is 8.96. The zero-order chi connectivity index (χ0) is 17.7. The first-order chi connectivity index (χ1) is 11.1. The van der Waals surface area contributed by atoms with Gasteiger partial charge in [0.2, 0.25) is 5.91 Å². The first kappa shape index (κ1) is 17.3. The maximum Gasteiger partial charge on any atom is 0.418 e. The summed E-state index contributed by atoms with van der Waals surface area (Å²) in [5.41, 5.74) is -1.06. The number of hydrogen-bond acceptors (Lipinski definition) is 4. The molecule has 24 heavy (non-hydrogen) atoms. The van der Waals surface area contributed by atoms with Crippen molar-refractivity contribution in [3.8, 4) is 0 Å². The van der Waals surface area contributed by atoms with E-state index in [2.05, 4.69) is 4.99 Å². The molecule has 0 unspecified atom stereocenters. The molecular formula is C14H13F3N2O3S2. The number of carbonyl (C=O) groups is 1. The highest BCUT2D eigenvalue weighted by Gasteiger charge is 2.51. The van der Waals surface area contributed by atoms with E-state index < -0.39 is 38.8 Å². The molecule has 2 fully saturated rings. The highest BCUT2D eigenvalue weighted by molar-refractivity contribution is 8.16. The summed E-state index contributed by atoms with van der Waals surface area (Å²) in [5.74, 6) is -0.938. The standard InChI is InChI=1S/C14H13F3N2O3S2/c1-8(20)18-13-19(11-6-24(21,22)7-12(11)23-13)10-5-3-2-4-9(10)14(15,16)17/h2-5,11-12H,6-7H2,1H3/t11-,12+/m0/s1. The minimum Gasteiger partial charge on any atom is -0.315 e. The van der Waals surface area contributed by atoms with Crippen molar-refractivity contribution in [2.24, 2.45) is 4.99 Å². The Labute approximate surface area is 140 Å². The van der Waals surface area contributed by atoms with Gasteiger partial charge in [0.15, 0.2) is 15.0 Å². The summed E-state index contributed by atoms with van der Waals surface area (Å²) in [6.07, 6.45) is -4.60.